The van der Waals surface area contributed by atoms with Crippen LogP contribution in [-0.4, -0.2) is 24.2 Å². The molecule has 0 unspecified atom stereocenters. The maximum atomic E-state index is 5.41. The first-order chi connectivity index (χ1) is 12.6. The number of para-hydroxylation sites is 1. The van der Waals surface area contributed by atoms with E-state index in [1.807, 2.05) is 62.4 Å². The van der Waals surface area contributed by atoms with Crippen LogP contribution in [0.5, 0.6) is 11.5 Å². The summed E-state index contributed by atoms with van der Waals surface area (Å²) in [4.78, 5) is 9.04. The Morgan fingerprint density at radius 1 is 0.808 bits per heavy atom. The Hall–Kier alpha value is -3.28. The van der Waals surface area contributed by atoms with Gasteiger partial charge >= 0.3 is 0 Å². The van der Waals surface area contributed by atoms with E-state index in [0.29, 0.717) is 17.5 Å². The molecular formula is C20H22N4O2. The lowest BCUT2D eigenvalue weighted by Gasteiger charge is -2.14. The van der Waals surface area contributed by atoms with Gasteiger partial charge in [0.25, 0.3) is 0 Å². The van der Waals surface area contributed by atoms with Gasteiger partial charge in [-0.05, 0) is 37.6 Å². The molecule has 0 fully saturated rings. The molecule has 3 rings (SSSR count). The van der Waals surface area contributed by atoms with Crippen LogP contribution in [0.3, 0.4) is 0 Å². The first kappa shape index (κ1) is 17.5. The van der Waals surface area contributed by atoms with Gasteiger partial charge in [-0.1, -0.05) is 18.2 Å². The van der Waals surface area contributed by atoms with Crippen molar-refractivity contribution in [3.8, 4) is 11.5 Å². The largest absolute Gasteiger partial charge is 0.497 e. The van der Waals surface area contributed by atoms with Crippen molar-refractivity contribution in [2.75, 3.05) is 24.9 Å². The Labute approximate surface area is 153 Å². The molecule has 0 bridgehead atoms. The topological polar surface area (TPSA) is 68.3 Å². The summed E-state index contributed by atoms with van der Waals surface area (Å²) in [7, 11) is 3.26. The molecule has 0 aliphatic carbocycles. The van der Waals surface area contributed by atoms with E-state index in [4.69, 9.17) is 9.47 Å². The van der Waals surface area contributed by atoms with E-state index in [2.05, 4.69) is 20.6 Å². The van der Waals surface area contributed by atoms with Gasteiger partial charge in [0.1, 0.15) is 17.3 Å². The van der Waals surface area contributed by atoms with Crippen molar-refractivity contribution in [1.82, 2.24) is 9.97 Å². The van der Waals surface area contributed by atoms with Crippen LogP contribution in [0.2, 0.25) is 0 Å². The molecule has 0 aliphatic rings. The maximum Gasteiger partial charge on any atom is 0.229 e. The van der Waals surface area contributed by atoms with Crippen LogP contribution in [0.25, 0.3) is 0 Å². The number of nitrogens with zero attached hydrogens (tertiary/aromatic N) is 2. The summed E-state index contributed by atoms with van der Waals surface area (Å²) in [5.41, 5.74) is 3.72. The van der Waals surface area contributed by atoms with Crippen LogP contribution in [0, 0.1) is 13.8 Å². The van der Waals surface area contributed by atoms with Gasteiger partial charge in [0, 0.05) is 23.5 Å². The summed E-state index contributed by atoms with van der Waals surface area (Å²) in [5.74, 6) is 2.64. The zero-order chi connectivity index (χ0) is 18.5. The fourth-order valence-electron chi connectivity index (χ4n) is 2.57. The summed E-state index contributed by atoms with van der Waals surface area (Å²) in [6.45, 7) is 3.97. The second-order valence-electron chi connectivity index (χ2n) is 5.85. The van der Waals surface area contributed by atoms with E-state index in [9.17, 15) is 0 Å². The van der Waals surface area contributed by atoms with Crippen molar-refractivity contribution in [3.63, 3.8) is 0 Å². The number of aryl methyl sites for hydroxylation is 2. The molecule has 0 saturated heterocycles. The average Bonchev–Trinajstić information content (AvgIpc) is 2.63. The molecule has 1 heterocycles. The van der Waals surface area contributed by atoms with Crippen LogP contribution in [0.1, 0.15) is 11.3 Å². The lowest BCUT2D eigenvalue weighted by atomic mass is 10.2. The van der Waals surface area contributed by atoms with E-state index < -0.39 is 0 Å². The summed E-state index contributed by atoms with van der Waals surface area (Å²) < 4.78 is 10.7. The molecular weight excluding hydrogens is 328 g/mol. The van der Waals surface area contributed by atoms with Gasteiger partial charge in [0.2, 0.25) is 5.95 Å². The van der Waals surface area contributed by atoms with Crippen molar-refractivity contribution in [2.45, 2.75) is 13.8 Å². The lowest BCUT2D eigenvalue weighted by Crippen LogP contribution is -2.04. The third-order valence-electron chi connectivity index (χ3n) is 3.92. The summed E-state index contributed by atoms with van der Waals surface area (Å²) >= 11 is 0. The molecule has 2 aromatic carbocycles. The van der Waals surface area contributed by atoms with Gasteiger partial charge in [-0.25, -0.2) is 4.98 Å². The molecule has 26 heavy (non-hydrogen) atoms. The number of anilines is 4. The monoisotopic (exact) mass is 350 g/mol. The van der Waals surface area contributed by atoms with Gasteiger partial charge in [-0.15, -0.1) is 0 Å². The molecule has 0 aliphatic heterocycles. The molecule has 0 atom stereocenters. The summed E-state index contributed by atoms with van der Waals surface area (Å²) in [6, 6.07) is 15.5. The molecule has 6 heteroatoms. The number of methoxy groups -OCH3 is 2. The molecule has 2 N–H and O–H groups in total. The fourth-order valence-corrected chi connectivity index (χ4v) is 2.57. The normalized spacial score (nSPS) is 10.3. The smallest absolute Gasteiger partial charge is 0.229 e. The van der Waals surface area contributed by atoms with Gasteiger partial charge in [-0.3, -0.25) is 0 Å². The van der Waals surface area contributed by atoms with Gasteiger partial charge in [0.05, 0.1) is 19.9 Å². The molecule has 3 aromatic rings. The minimum absolute atomic E-state index is 0.531. The quantitative estimate of drug-likeness (QED) is 0.677. The van der Waals surface area contributed by atoms with Gasteiger partial charge in [0.15, 0.2) is 0 Å². The molecule has 6 nitrogen and oxygen atoms in total. The Kier molecular flexibility index (Phi) is 5.22. The van der Waals surface area contributed by atoms with E-state index in [-0.39, 0.29) is 0 Å². The fraction of sp³-hybridized carbons (Fsp3) is 0.200. The molecule has 0 saturated carbocycles. The van der Waals surface area contributed by atoms with Crippen molar-refractivity contribution < 1.29 is 9.47 Å². The first-order valence-corrected chi connectivity index (χ1v) is 8.26. The zero-order valence-electron chi connectivity index (χ0n) is 15.3. The van der Waals surface area contributed by atoms with E-state index in [0.717, 1.165) is 28.4 Å². The number of nitrogens with one attached hydrogen (secondary N) is 2. The number of aromatic nitrogens is 2. The molecule has 0 spiro atoms. The van der Waals surface area contributed by atoms with Gasteiger partial charge in [-0.2, -0.15) is 4.98 Å². The number of benzene rings is 2. The highest BCUT2D eigenvalue weighted by atomic mass is 16.5. The van der Waals surface area contributed by atoms with Gasteiger partial charge < -0.3 is 20.1 Å². The highest BCUT2D eigenvalue weighted by Crippen LogP contribution is 2.31. The highest BCUT2D eigenvalue weighted by molar-refractivity contribution is 5.67. The first-order valence-electron chi connectivity index (χ1n) is 8.26. The van der Waals surface area contributed by atoms with Crippen molar-refractivity contribution in [3.05, 3.63) is 59.8 Å². The SMILES string of the molecule is COc1ccc(OC)c(Nc2cc(C)nc(Nc3ccccc3C)n2)c1. The van der Waals surface area contributed by atoms with E-state index >= 15 is 0 Å². The lowest BCUT2D eigenvalue weighted by molar-refractivity contribution is 0.405. The number of hydrogen-bond acceptors (Lipinski definition) is 6. The number of ether oxygens (including phenoxy) is 2. The minimum atomic E-state index is 0.531. The summed E-state index contributed by atoms with van der Waals surface area (Å²) in [5, 5.41) is 6.56. The Morgan fingerprint density at radius 2 is 1.62 bits per heavy atom. The third kappa shape index (κ3) is 4.03. The van der Waals surface area contributed by atoms with E-state index in [1.165, 1.54) is 0 Å². The van der Waals surface area contributed by atoms with E-state index in [1.54, 1.807) is 14.2 Å². The number of hydrogen-bond donors (Lipinski definition) is 2. The van der Waals surface area contributed by atoms with Crippen molar-refractivity contribution >= 4 is 23.1 Å². The molecule has 0 amide bonds. The molecule has 134 valence electrons. The van der Waals surface area contributed by atoms with Crippen molar-refractivity contribution in [2.24, 2.45) is 0 Å². The third-order valence-corrected chi connectivity index (χ3v) is 3.92. The Morgan fingerprint density at radius 3 is 2.35 bits per heavy atom. The standard InChI is InChI=1S/C20H22N4O2/c1-13-7-5-6-8-16(13)23-20-21-14(2)11-19(24-20)22-17-12-15(25-3)9-10-18(17)26-4/h5-12H,1-4H3,(H2,21,22,23,24). The predicted octanol–water partition coefficient (Wildman–Crippen LogP) is 4.60. The highest BCUT2D eigenvalue weighted by Gasteiger charge is 2.09. The number of rotatable bonds is 6. The van der Waals surface area contributed by atoms with Crippen molar-refractivity contribution in [1.29, 1.82) is 0 Å². The Bertz CT molecular complexity index is 912. The second kappa shape index (κ2) is 7.74. The van der Waals surface area contributed by atoms with Crippen LogP contribution in [-0.2, 0) is 0 Å². The molecule has 0 radical (unpaired) electrons. The van der Waals surface area contributed by atoms with Crippen LogP contribution in [0.4, 0.5) is 23.1 Å². The predicted molar refractivity (Wildman–Crippen MR) is 104 cm³/mol. The second-order valence-corrected chi connectivity index (χ2v) is 5.85. The summed E-state index contributed by atoms with van der Waals surface area (Å²) in [6.07, 6.45) is 0. The van der Waals surface area contributed by atoms with Crippen LogP contribution >= 0.6 is 0 Å². The molecule has 1 aromatic heterocycles. The van der Waals surface area contributed by atoms with Crippen LogP contribution < -0.4 is 20.1 Å². The minimum Gasteiger partial charge on any atom is -0.497 e. The Balaban J connectivity index is 1.90. The van der Waals surface area contributed by atoms with Crippen LogP contribution in [0.15, 0.2) is 48.5 Å². The maximum absolute atomic E-state index is 5.41. The zero-order valence-corrected chi connectivity index (χ0v) is 15.3. The average molecular weight is 350 g/mol.